The Kier molecular flexibility index (Phi) is 4.65. The van der Waals surface area contributed by atoms with Crippen LogP contribution in [0.25, 0.3) is 6.08 Å². The lowest BCUT2D eigenvalue weighted by Crippen LogP contribution is -2.20. The van der Waals surface area contributed by atoms with Gasteiger partial charge in [0.25, 0.3) is 0 Å². The van der Waals surface area contributed by atoms with Crippen molar-refractivity contribution in [1.82, 2.24) is 9.55 Å². The molecule has 2 aromatic rings. The van der Waals surface area contributed by atoms with E-state index in [-0.39, 0.29) is 0 Å². The van der Waals surface area contributed by atoms with Gasteiger partial charge in [0, 0.05) is 48.8 Å². The van der Waals surface area contributed by atoms with Gasteiger partial charge in [0.1, 0.15) is 5.82 Å². The summed E-state index contributed by atoms with van der Waals surface area (Å²) in [5, 5.41) is 9.29. The van der Waals surface area contributed by atoms with Crippen LogP contribution in [0.1, 0.15) is 11.4 Å². The van der Waals surface area contributed by atoms with Gasteiger partial charge in [-0.1, -0.05) is 17.7 Å². The summed E-state index contributed by atoms with van der Waals surface area (Å²) < 4.78 is 1.94. The van der Waals surface area contributed by atoms with Crippen LogP contribution in [0.4, 0.5) is 5.69 Å². The average Bonchev–Trinajstić information content (AvgIpc) is 2.82. The Labute approximate surface area is 128 Å². The van der Waals surface area contributed by atoms with Gasteiger partial charge in [0.2, 0.25) is 0 Å². The first-order valence-electron chi connectivity index (χ1n) is 6.36. The Morgan fingerprint density at radius 3 is 2.90 bits per heavy atom. The lowest BCUT2D eigenvalue weighted by atomic mass is 10.1. The fraction of sp³-hybridized carbons (Fsp3) is 0.200. The first-order valence-corrected chi connectivity index (χ1v) is 6.73. The number of imidazole rings is 1. The van der Waals surface area contributed by atoms with Crippen LogP contribution >= 0.6 is 11.6 Å². The third-order valence-electron chi connectivity index (χ3n) is 3.13. The Bertz CT molecular complexity index is 679. The molecule has 0 aliphatic carbocycles. The van der Waals surface area contributed by atoms with Crippen molar-refractivity contribution in [3.63, 3.8) is 0 Å². The molecule has 1 heterocycles. The Morgan fingerprint density at radius 2 is 2.29 bits per heavy atom. The molecule has 6 heteroatoms. The summed E-state index contributed by atoms with van der Waals surface area (Å²) in [5.41, 5.74) is 1.53. The van der Waals surface area contributed by atoms with Crippen LogP contribution < -0.4 is 4.90 Å². The van der Waals surface area contributed by atoms with E-state index in [1.54, 1.807) is 12.3 Å². The van der Waals surface area contributed by atoms with E-state index in [9.17, 15) is 4.79 Å². The van der Waals surface area contributed by atoms with Gasteiger partial charge in [0.15, 0.2) is 0 Å². The molecular weight excluding hydrogens is 290 g/mol. The molecule has 0 fully saturated rings. The second-order valence-corrected chi connectivity index (χ2v) is 5.06. The van der Waals surface area contributed by atoms with Crippen molar-refractivity contribution in [3.8, 4) is 0 Å². The molecule has 0 saturated carbocycles. The highest BCUT2D eigenvalue weighted by atomic mass is 35.5. The number of halogens is 1. The highest BCUT2D eigenvalue weighted by Crippen LogP contribution is 2.29. The number of carbonyl (C=O) groups is 1. The number of benzene rings is 1. The van der Waals surface area contributed by atoms with Gasteiger partial charge in [-0.15, -0.1) is 0 Å². The number of nitrogens with zero attached hydrogens (tertiary/aromatic N) is 3. The number of hydrogen-bond donors (Lipinski definition) is 1. The molecule has 1 aromatic carbocycles. The predicted octanol–water partition coefficient (Wildman–Crippen LogP) is 2.81. The minimum atomic E-state index is -1.01. The number of carboxylic acids is 1. The van der Waals surface area contributed by atoms with Crippen molar-refractivity contribution >= 4 is 29.3 Å². The van der Waals surface area contributed by atoms with E-state index in [1.165, 1.54) is 6.08 Å². The van der Waals surface area contributed by atoms with E-state index in [2.05, 4.69) is 4.98 Å². The lowest BCUT2D eigenvalue weighted by Gasteiger charge is -2.21. The molecule has 0 saturated heterocycles. The van der Waals surface area contributed by atoms with E-state index >= 15 is 0 Å². The molecule has 0 spiro atoms. The number of aromatic nitrogens is 2. The maximum Gasteiger partial charge on any atom is 0.328 e. The maximum atomic E-state index is 10.7. The van der Waals surface area contributed by atoms with Crippen LogP contribution in [-0.4, -0.2) is 27.7 Å². The largest absolute Gasteiger partial charge is 0.478 e. The Morgan fingerprint density at radius 1 is 1.52 bits per heavy atom. The van der Waals surface area contributed by atoms with Crippen molar-refractivity contribution in [2.75, 3.05) is 11.9 Å². The molecule has 0 aliphatic heterocycles. The van der Waals surface area contributed by atoms with Gasteiger partial charge < -0.3 is 14.6 Å². The second kappa shape index (κ2) is 6.45. The molecule has 110 valence electrons. The van der Waals surface area contributed by atoms with E-state index in [0.29, 0.717) is 17.1 Å². The van der Waals surface area contributed by atoms with E-state index < -0.39 is 5.97 Å². The van der Waals surface area contributed by atoms with Gasteiger partial charge in [0.05, 0.1) is 6.54 Å². The molecule has 0 bridgehead atoms. The standard InChI is InChI=1S/C15H16ClN3O2/c1-18-9-8-17-14(18)10-19(2)13-5-3-4-12(16)11(13)6-7-15(20)21/h3-9H,10H2,1-2H3,(H,20,21). The molecule has 1 N–H and O–H groups in total. The summed E-state index contributed by atoms with van der Waals surface area (Å²) in [7, 11) is 3.85. The average molecular weight is 306 g/mol. The van der Waals surface area contributed by atoms with Crippen molar-refractivity contribution in [3.05, 3.63) is 53.1 Å². The van der Waals surface area contributed by atoms with Crippen molar-refractivity contribution in [2.45, 2.75) is 6.54 Å². The van der Waals surface area contributed by atoms with E-state index in [4.69, 9.17) is 16.7 Å². The van der Waals surface area contributed by atoms with Crippen LogP contribution in [0.3, 0.4) is 0 Å². The fourth-order valence-corrected chi connectivity index (χ4v) is 2.26. The number of carboxylic acid groups (broad SMARTS) is 1. The Hall–Kier alpha value is -2.27. The van der Waals surface area contributed by atoms with Gasteiger partial charge in [-0.05, 0) is 18.2 Å². The van der Waals surface area contributed by atoms with Crippen molar-refractivity contribution in [1.29, 1.82) is 0 Å². The normalized spacial score (nSPS) is 11.0. The zero-order chi connectivity index (χ0) is 15.4. The topological polar surface area (TPSA) is 58.4 Å². The van der Waals surface area contributed by atoms with Gasteiger partial charge >= 0.3 is 5.97 Å². The predicted molar refractivity (Wildman–Crippen MR) is 83.4 cm³/mol. The first-order chi connectivity index (χ1) is 9.99. The van der Waals surface area contributed by atoms with Gasteiger partial charge in [-0.2, -0.15) is 0 Å². The third kappa shape index (κ3) is 3.64. The quantitative estimate of drug-likeness (QED) is 0.863. The monoisotopic (exact) mass is 305 g/mol. The summed E-state index contributed by atoms with van der Waals surface area (Å²) in [6, 6.07) is 5.47. The molecule has 0 atom stereocenters. The number of anilines is 1. The number of rotatable bonds is 5. The molecule has 5 nitrogen and oxygen atoms in total. The SMILES string of the molecule is CN(Cc1nccn1C)c1cccc(Cl)c1C=CC(=O)O. The summed E-state index contributed by atoms with van der Waals surface area (Å²) in [6.07, 6.45) is 6.22. The van der Waals surface area contributed by atoms with Crippen LogP contribution in [0.15, 0.2) is 36.7 Å². The smallest absolute Gasteiger partial charge is 0.328 e. The maximum absolute atomic E-state index is 10.7. The van der Waals surface area contributed by atoms with E-state index in [0.717, 1.165) is 17.6 Å². The highest BCUT2D eigenvalue weighted by molar-refractivity contribution is 6.32. The highest BCUT2D eigenvalue weighted by Gasteiger charge is 2.11. The van der Waals surface area contributed by atoms with Gasteiger partial charge in [-0.25, -0.2) is 9.78 Å². The second-order valence-electron chi connectivity index (χ2n) is 4.65. The molecule has 2 rings (SSSR count). The van der Waals surface area contributed by atoms with Gasteiger partial charge in [-0.3, -0.25) is 0 Å². The summed E-state index contributed by atoms with van der Waals surface area (Å²) in [4.78, 5) is 17.0. The summed E-state index contributed by atoms with van der Waals surface area (Å²) in [6.45, 7) is 0.595. The Balaban J connectivity index is 2.32. The molecule has 1 aromatic heterocycles. The van der Waals surface area contributed by atoms with E-state index in [1.807, 2.05) is 41.9 Å². The minimum Gasteiger partial charge on any atom is -0.478 e. The molecule has 0 aliphatic rings. The third-order valence-corrected chi connectivity index (χ3v) is 3.46. The fourth-order valence-electron chi connectivity index (χ4n) is 2.02. The van der Waals surface area contributed by atoms with Crippen LogP contribution in [-0.2, 0) is 18.4 Å². The molecular formula is C15H16ClN3O2. The zero-order valence-corrected chi connectivity index (χ0v) is 12.6. The molecule has 0 unspecified atom stereocenters. The molecule has 21 heavy (non-hydrogen) atoms. The summed E-state index contributed by atoms with van der Waals surface area (Å²) >= 11 is 6.18. The minimum absolute atomic E-state index is 0.511. The van der Waals surface area contributed by atoms with Crippen LogP contribution in [0.5, 0.6) is 0 Å². The number of aliphatic carboxylic acids is 1. The number of hydrogen-bond acceptors (Lipinski definition) is 3. The lowest BCUT2D eigenvalue weighted by molar-refractivity contribution is -0.131. The van der Waals surface area contributed by atoms with Crippen molar-refractivity contribution < 1.29 is 9.90 Å². The number of aryl methyl sites for hydroxylation is 1. The first kappa shape index (κ1) is 15.1. The summed E-state index contributed by atoms with van der Waals surface area (Å²) in [5.74, 6) is -0.0988. The van der Waals surface area contributed by atoms with Crippen LogP contribution in [0.2, 0.25) is 5.02 Å². The van der Waals surface area contributed by atoms with Crippen LogP contribution in [0, 0.1) is 0 Å². The molecule has 0 radical (unpaired) electrons. The zero-order valence-electron chi connectivity index (χ0n) is 11.8. The van der Waals surface area contributed by atoms with Crippen molar-refractivity contribution in [2.24, 2.45) is 7.05 Å². The molecule has 0 amide bonds.